The van der Waals surface area contributed by atoms with E-state index in [0.29, 0.717) is 18.4 Å². The van der Waals surface area contributed by atoms with E-state index >= 15 is 0 Å². The molecule has 18 heavy (non-hydrogen) atoms. The minimum absolute atomic E-state index is 0.313. The Morgan fingerprint density at radius 3 is 2.56 bits per heavy atom. The Balaban J connectivity index is 2.31. The Labute approximate surface area is 112 Å². The second-order valence-electron chi connectivity index (χ2n) is 5.92. The van der Waals surface area contributed by atoms with E-state index in [4.69, 9.17) is 4.74 Å². The second-order valence-corrected chi connectivity index (χ2v) is 5.92. The fourth-order valence-corrected chi connectivity index (χ4v) is 2.74. The molecule has 0 spiro atoms. The SMILES string of the molecule is COCCN(CC(C)C)C(=O)CCC1CCCC1. The van der Waals surface area contributed by atoms with E-state index in [0.717, 1.165) is 31.8 Å². The van der Waals surface area contributed by atoms with Crippen molar-refractivity contribution in [1.82, 2.24) is 4.90 Å². The van der Waals surface area contributed by atoms with Crippen LogP contribution in [0.5, 0.6) is 0 Å². The number of amides is 1. The van der Waals surface area contributed by atoms with Crippen molar-refractivity contribution in [2.75, 3.05) is 26.8 Å². The van der Waals surface area contributed by atoms with Gasteiger partial charge in [-0.1, -0.05) is 39.5 Å². The highest BCUT2D eigenvalue weighted by molar-refractivity contribution is 5.76. The molecule has 0 bridgehead atoms. The third-order valence-corrected chi connectivity index (χ3v) is 3.74. The third-order valence-electron chi connectivity index (χ3n) is 3.74. The van der Waals surface area contributed by atoms with Gasteiger partial charge in [0.1, 0.15) is 0 Å². The van der Waals surface area contributed by atoms with E-state index < -0.39 is 0 Å². The molecule has 0 atom stereocenters. The van der Waals surface area contributed by atoms with Gasteiger partial charge in [-0.15, -0.1) is 0 Å². The van der Waals surface area contributed by atoms with E-state index in [9.17, 15) is 4.79 Å². The number of nitrogens with zero attached hydrogens (tertiary/aromatic N) is 1. The summed E-state index contributed by atoms with van der Waals surface area (Å²) in [5.41, 5.74) is 0. The number of carbonyl (C=O) groups is 1. The van der Waals surface area contributed by atoms with Gasteiger partial charge in [0.15, 0.2) is 0 Å². The molecule has 106 valence electrons. The first-order valence-corrected chi connectivity index (χ1v) is 7.40. The molecule has 1 aliphatic carbocycles. The highest BCUT2D eigenvalue weighted by Crippen LogP contribution is 2.28. The first-order valence-electron chi connectivity index (χ1n) is 7.40. The van der Waals surface area contributed by atoms with Crippen LogP contribution >= 0.6 is 0 Å². The van der Waals surface area contributed by atoms with E-state index in [-0.39, 0.29) is 0 Å². The number of ether oxygens (including phenoxy) is 1. The summed E-state index contributed by atoms with van der Waals surface area (Å²) in [5, 5.41) is 0. The second kappa shape index (κ2) is 8.52. The molecule has 0 unspecified atom stereocenters. The fourth-order valence-electron chi connectivity index (χ4n) is 2.74. The van der Waals surface area contributed by atoms with Gasteiger partial charge in [-0.2, -0.15) is 0 Å². The molecule has 3 nitrogen and oxygen atoms in total. The zero-order valence-corrected chi connectivity index (χ0v) is 12.3. The summed E-state index contributed by atoms with van der Waals surface area (Å²) >= 11 is 0. The van der Waals surface area contributed by atoms with Gasteiger partial charge in [0.2, 0.25) is 5.91 Å². The molecule has 0 aromatic heterocycles. The average Bonchev–Trinajstić information content (AvgIpc) is 2.84. The van der Waals surface area contributed by atoms with Crippen LogP contribution in [0.25, 0.3) is 0 Å². The van der Waals surface area contributed by atoms with Crippen molar-refractivity contribution in [3.63, 3.8) is 0 Å². The maximum absolute atomic E-state index is 12.2. The Morgan fingerprint density at radius 2 is 2.00 bits per heavy atom. The van der Waals surface area contributed by atoms with Gasteiger partial charge in [-0.3, -0.25) is 4.79 Å². The highest BCUT2D eigenvalue weighted by Gasteiger charge is 2.19. The molecular weight excluding hydrogens is 226 g/mol. The summed E-state index contributed by atoms with van der Waals surface area (Å²) in [5.74, 6) is 1.64. The lowest BCUT2D eigenvalue weighted by Crippen LogP contribution is -2.36. The topological polar surface area (TPSA) is 29.5 Å². The van der Waals surface area contributed by atoms with Gasteiger partial charge < -0.3 is 9.64 Å². The molecule has 0 N–H and O–H groups in total. The predicted molar refractivity (Wildman–Crippen MR) is 74.5 cm³/mol. The van der Waals surface area contributed by atoms with Crippen LogP contribution in [0.15, 0.2) is 0 Å². The Morgan fingerprint density at radius 1 is 1.33 bits per heavy atom. The van der Waals surface area contributed by atoms with Gasteiger partial charge in [-0.05, 0) is 18.3 Å². The van der Waals surface area contributed by atoms with Crippen molar-refractivity contribution in [2.24, 2.45) is 11.8 Å². The Bertz CT molecular complexity index is 235. The smallest absolute Gasteiger partial charge is 0.222 e. The summed E-state index contributed by atoms with van der Waals surface area (Å²) < 4.78 is 5.09. The van der Waals surface area contributed by atoms with Crippen LogP contribution in [0.1, 0.15) is 52.4 Å². The van der Waals surface area contributed by atoms with Gasteiger partial charge in [0, 0.05) is 26.6 Å². The Kier molecular flexibility index (Phi) is 7.33. The van der Waals surface area contributed by atoms with Gasteiger partial charge in [0.25, 0.3) is 0 Å². The minimum atomic E-state index is 0.313. The van der Waals surface area contributed by atoms with Crippen molar-refractivity contribution >= 4 is 5.91 Å². The molecule has 0 aromatic carbocycles. The van der Waals surface area contributed by atoms with Crippen LogP contribution in [0, 0.1) is 11.8 Å². The normalized spacial score (nSPS) is 16.4. The zero-order chi connectivity index (χ0) is 13.4. The number of hydrogen-bond donors (Lipinski definition) is 0. The summed E-state index contributed by atoms with van der Waals surface area (Å²) in [6, 6.07) is 0. The molecule has 1 rings (SSSR count). The van der Waals surface area contributed by atoms with Crippen LogP contribution in [-0.4, -0.2) is 37.6 Å². The first-order chi connectivity index (χ1) is 8.63. The highest BCUT2D eigenvalue weighted by atomic mass is 16.5. The van der Waals surface area contributed by atoms with Crippen molar-refractivity contribution < 1.29 is 9.53 Å². The number of carbonyl (C=O) groups excluding carboxylic acids is 1. The van der Waals surface area contributed by atoms with Crippen LogP contribution in [0.4, 0.5) is 0 Å². The molecule has 1 aliphatic rings. The van der Waals surface area contributed by atoms with E-state index in [1.807, 2.05) is 4.90 Å². The average molecular weight is 255 g/mol. The van der Waals surface area contributed by atoms with Crippen LogP contribution in [0.3, 0.4) is 0 Å². The van der Waals surface area contributed by atoms with Crippen molar-refractivity contribution in [2.45, 2.75) is 52.4 Å². The lowest BCUT2D eigenvalue weighted by Gasteiger charge is -2.25. The molecule has 0 aliphatic heterocycles. The molecule has 0 saturated heterocycles. The lowest BCUT2D eigenvalue weighted by atomic mass is 10.0. The molecule has 0 heterocycles. The number of methoxy groups -OCH3 is 1. The quantitative estimate of drug-likeness (QED) is 0.667. The van der Waals surface area contributed by atoms with E-state index in [2.05, 4.69) is 13.8 Å². The molecule has 3 heteroatoms. The van der Waals surface area contributed by atoms with E-state index in [1.165, 1.54) is 25.7 Å². The maximum Gasteiger partial charge on any atom is 0.222 e. The molecule has 0 radical (unpaired) electrons. The lowest BCUT2D eigenvalue weighted by molar-refractivity contribution is -0.132. The number of rotatable bonds is 8. The van der Waals surface area contributed by atoms with Crippen LogP contribution in [-0.2, 0) is 9.53 Å². The van der Waals surface area contributed by atoms with Crippen LogP contribution < -0.4 is 0 Å². The first kappa shape index (κ1) is 15.5. The fraction of sp³-hybridized carbons (Fsp3) is 0.933. The molecule has 1 amide bonds. The van der Waals surface area contributed by atoms with Crippen molar-refractivity contribution in [3.05, 3.63) is 0 Å². The molecule has 0 aromatic rings. The molecule has 1 fully saturated rings. The van der Waals surface area contributed by atoms with Crippen molar-refractivity contribution in [3.8, 4) is 0 Å². The van der Waals surface area contributed by atoms with Gasteiger partial charge >= 0.3 is 0 Å². The maximum atomic E-state index is 12.2. The van der Waals surface area contributed by atoms with Gasteiger partial charge in [0.05, 0.1) is 6.61 Å². The summed E-state index contributed by atoms with van der Waals surface area (Å²) in [4.78, 5) is 14.2. The predicted octanol–water partition coefficient (Wildman–Crippen LogP) is 3.09. The minimum Gasteiger partial charge on any atom is -0.383 e. The third kappa shape index (κ3) is 5.85. The number of hydrogen-bond acceptors (Lipinski definition) is 2. The largest absolute Gasteiger partial charge is 0.383 e. The zero-order valence-electron chi connectivity index (χ0n) is 12.3. The monoisotopic (exact) mass is 255 g/mol. The summed E-state index contributed by atoms with van der Waals surface area (Å²) in [7, 11) is 1.69. The van der Waals surface area contributed by atoms with Crippen molar-refractivity contribution in [1.29, 1.82) is 0 Å². The van der Waals surface area contributed by atoms with E-state index in [1.54, 1.807) is 7.11 Å². The molecular formula is C15H29NO2. The summed E-state index contributed by atoms with van der Waals surface area (Å²) in [6.07, 6.45) is 7.18. The summed E-state index contributed by atoms with van der Waals surface area (Å²) in [6.45, 7) is 6.54. The van der Waals surface area contributed by atoms with Gasteiger partial charge in [-0.25, -0.2) is 0 Å². The standard InChI is InChI=1S/C15H29NO2/c1-13(2)12-16(10-11-18-3)15(17)9-8-14-6-4-5-7-14/h13-14H,4-12H2,1-3H3. The molecule has 1 saturated carbocycles. The Hall–Kier alpha value is -0.570. The van der Waals surface area contributed by atoms with Crippen LogP contribution in [0.2, 0.25) is 0 Å².